The van der Waals surface area contributed by atoms with E-state index in [1.807, 2.05) is 24.4 Å². The lowest BCUT2D eigenvalue weighted by Crippen LogP contribution is -2.33. The molecule has 2 heterocycles. The van der Waals surface area contributed by atoms with Crippen molar-refractivity contribution in [2.45, 2.75) is 32.1 Å². The number of likely N-dealkylation sites (tertiary alicyclic amines) is 1. The quantitative estimate of drug-likeness (QED) is 0.754. The highest BCUT2D eigenvalue weighted by Crippen LogP contribution is 2.37. The first-order valence-electron chi connectivity index (χ1n) is 10.2. The smallest absolute Gasteiger partial charge is 0.306 e. The summed E-state index contributed by atoms with van der Waals surface area (Å²) in [6.07, 6.45) is 6.10. The first-order valence-corrected chi connectivity index (χ1v) is 10.2. The number of methoxy groups -OCH3 is 1. The molecule has 0 spiro atoms. The van der Waals surface area contributed by atoms with Crippen molar-refractivity contribution >= 4 is 11.5 Å². The highest BCUT2D eigenvalue weighted by atomic mass is 16.5. The third-order valence-electron chi connectivity index (χ3n) is 5.97. The van der Waals surface area contributed by atoms with Crippen LogP contribution < -0.4 is 0 Å². The average molecular weight is 387 g/mol. The number of rotatable bonds is 3. The minimum Gasteiger partial charge on any atom is -0.469 e. The van der Waals surface area contributed by atoms with Crippen LogP contribution in [-0.2, 0) is 22.4 Å². The maximum Gasteiger partial charge on any atom is 0.306 e. The number of fused-ring (bicyclic) bond motifs is 2. The molecule has 1 saturated heterocycles. The molecule has 29 heavy (non-hydrogen) atoms. The van der Waals surface area contributed by atoms with Gasteiger partial charge in [-0.05, 0) is 60.6 Å². The molecule has 2 aliphatic rings. The van der Waals surface area contributed by atoms with Crippen molar-refractivity contribution in [1.82, 2.24) is 9.88 Å². The van der Waals surface area contributed by atoms with Crippen LogP contribution in [0.5, 0.6) is 0 Å². The predicted molar refractivity (Wildman–Crippen MR) is 111 cm³/mol. The van der Waals surface area contributed by atoms with E-state index in [0.717, 1.165) is 51.0 Å². The SMILES string of the molecule is COC(=O)CCN1CCC(=C2c3ccc(C#N)cc3CCc3cccnc32)CC1. The summed E-state index contributed by atoms with van der Waals surface area (Å²) in [4.78, 5) is 18.5. The number of piperidine rings is 1. The Morgan fingerprint density at radius 2 is 1.97 bits per heavy atom. The predicted octanol–water partition coefficient (Wildman–Crippen LogP) is 3.51. The molecule has 0 bridgehead atoms. The molecule has 5 nitrogen and oxygen atoms in total. The van der Waals surface area contributed by atoms with Crippen LogP contribution in [-0.4, -0.2) is 42.6 Å². The number of hydrogen-bond acceptors (Lipinski definition) is 5. The molecular formula is C24H25N3O2. The monoisotopic (exact) mass is 387 g/mol. The Labute approximate surface area is 171 Å². The summed E-state index contributed by atoms with van der Waals surface area (Å²) in [6.45, 7) is 2.61. The van der Waals surface area contributed by atoms with Gasteiger partial charge in [0.1, 0.15) is 0 Å². The number of benzene rings is 1. The number of esters is 1. The van der Waals surface area contributed by atoms with Gasteiger partial charge in [0.2, 0.25) is 0 Å². The molecule has 0 radical (unpaired) electrons. The van der Waals surface area contributed by atoms with Crippen LogP contribution in [0.1, 0.15) is 47.2 Å². The van der Waals surface area contributed by atoms with Crippen molar-refractivity contribution in [1.29, 1.82) is 5.26 Å². The van der Waals surface area contributed by atoms with E-state index in [0.29, 0.717) is 12.0 Å². The van der Waals surface area contributed by atoms with E-state index in [9.17, 15) is 10.1 Å². The second kappa shape index (κ2) is 8.59. The van der Waals surface area contributed by atoms with Crippen LogP contribution in [0.15, 0.2) is 42.1 Å². The van der Waals surface area contributed by atoms with Crippen LogP contribution in [0.4, 0.5) is 0 Å². The summed E-state index contributed by atoms with van der Waals surface area (Å²) >= 11 is 0. The summed E-state index contributed by atoms with van der Waals surface area (Å²) in [5.74, 6) is -0.154. The molecule has 0 amide bonds. The van der Waals surface area contributed by atoms with Gasteiger partial charge in [-0.2, -0.15) is 5.26 Å². The highest BCUT2D eigenvalue weighted by molar-refractivity contribution is 5.84. The van der Waals surface area contributed by atoms with Gasteiger partial charge >= 0.3 is 5.97 Å². The summed E-state index contributed by atoms with van der Waals surface area (Å²) < 4.78 is 4.76. The second-order valence-corrected chi connectivity index (χ2v) is 7.64. The van der Waals surface area contributed by atoms with Crippen molar-refractivity contribution in [3.63, 3.8) is 0 Å². The third-order valence-corrected chi connectivity index (χ3v) is 5.97. The molecule has 0 atom stereocenters. The maximum absolute atomic E-state index is 11.4. The van der Waals surface area contributed by atoms with Crippen molar-refractivity contribution in [2.75, 3.05) is 26.7 Å². The summed E-state index contributed by atoms with van der Waals surface area (Å²) in [6, 6.07) is 12.5. The van der Waals surface area contributed by atoms with E-state index >= 15 is 0 Å². The molecule has 1 fully saturated rings. The van der Waals surface area contributed by atoms with Crippen LogP contribution in [0.25, 0.3) is 5.57 Å². The Hall–Kier alpha value is -2.97. The zero-order valence-electron chi connectivity index (χ0n) is 16.8. The van der Waals surface area contributed by atoms with Gasteiger partial charge in [-0.25, -0.2) is 0 Å². The van der Waals surface area contributed by atoms with Gasteiger partial charge in [0.05, 0.1) is 30.9 Å². The van der Waals surface area contributed by atoms with Gasteiger partial charge in [0.25, 0.3) is 0 Å². The number of ether oxygens (including phenoxy) is 1. The number of nitrogens with zero attached hydrogens (tertiary/aromatic N) is 3. The zero-order valence-corrected chi connectivity index (χ0v) is 16.8. The normalized spacial score (nSPS) is 16.4. The zero-order chi connectivity index (χ0) is 20.2. The fourth-order valence-electron chi connectivity index (χ4n) is 4.38. The average Bonchev–Trinajstić information content (AvgIpc) is 2.94. The standard InChI is InChI=1S/C24H25N3O2/c1-29-22(28)10-14-27-12-8-18(9-13-27)23-21-7-4-17(16-25)15-20(21)6-5-19-3-2-11-26-24(19)23/h2-4,7,11,15H,5-6,8-10,12-14H2,1H3. The fraction of sp³-hybridized carbons (Fsp3) is 0.375. The molecule has 0 saturated carbocycles. The first kappa shape index (κ1) is 19.4. The van der Waals surface area contributed by atoms with E-state index < -0.39 is 0 Å². The lowest BCUT2D eigenvalue weighted by Gasteiger charge is -2.30. The Morgan fingerprint density at radius 3 is 2.72 bits per heavy atom. The largest absolute Gasteiger partial charge is 0.469 e. The van der Waals surface area contributed by atoms with Gasteiger partial charge in [-0.3, -0.25) is 9.78 Å². The van der Waals surface area contributed by atoms with E-state index in [4.69, 9.17) is 9.72 Å². The number of hydrogen-bond donors (Lipinski definition) is 0. The molecule has 1 aliphatic carbocycles. The number of aryl methyl sites for hydroxylation is 2. The van der Waals surface area contributed by atoms with Crippen molar-refractivity contribution in [3.8, 4) is 6.07 Å². The maximum atomic E-state index is 11.4. The Bertz CT molecular complexity index is 993. The first-order chi connectivity index (χ1) is 14.2. The number of pyridine rings is 1. The van der Waals surface area contributed by atoms with Crippen LogP contribution >= 0.6 is 0 Å². The van der Waals surface area contributed by atoms with Crippen LogP contribution in [0, 0.1) is 11.3 Å². The topological polar surface area (TPSA) is 66.2 Å². The molecule has 148 valence electrons. The summed E-state index contributed by atoms with van der Waals surface area (Å²) in [5, 5.41) is 9.32. The third kappa shape index (κ3) is 4.08. The van der Waals surface area contributed by atoms with Crippen molar-refractivity contribution in [3.05, 3.63) is 70.0 Å². The molecule has 0 unspecified atom stereocenters. The summed E-state index contributed by atoms with van der Waals surface area (Å²) in [5.41, 5.74) is 8.21. The number of carbonyl (C=O) groups excluding carboxylic acids is 1. The molecule has 1 aromatic carbocycles. The van der Waals surface area contributed by atoms with E-state index in [1.54, 1.807) is 0 Å². The number of aromatic nitrogens is 1. The van der Waals surface area contributed by atoms with E-state index in [-0.39, 0.29) is 5.97 Å². The van der Waals surface area contributed by atoms with Crippen molar-refractivity contribution in [2.24, 2.45) is 0 Å². The molecule has 1 aliphatic heterocycles. The minimum absolute atomic E-state index is 0.154. The molecule has 2 aromatic rings. The Kier molecular flexibility index (Phi) is 5.73. The highest BCUT2D eigenvalue weighted by Gasteiger charge is 2.25. The lowest BCUT2D eigenvalue weighted by atomic mass is 9.88. The molecule has 5 heteroatoms. The molecule has 0 N–H and O–H groups in total. The lowest BCUT2D eigenvalue weighted by molar-refractivity contribution is -0.141. The molecular weight excluding hydrogens is 362 g/mol. The molecule has 1 aromatic heterocycles. The van der Waals surface area contributed by atoms with Gasteiger partial charge in [0, 0.05) is 31.4 Å². The van der Waals surface area contributed by atoms with Gasteiger partial charge in [-0.15, -0.1) is 0 Å². The van der Waals surface area contributed by atoms with Gasteiger partial charge < -0.3 is 9.64 Å². The molecule has 4 rings (SSSR count). The Morgan fingerprint density at radius 1 is 1.17 bits per heavy atom. The fourth-order valence-corrected chi connectivity index (χ4v) is 4.38. The Balaban J connectivity index is 1.68. The summed E-state index contributed by atoms with van der Waals surface area (Å²) in [7, 11) is 1.44. The van der Waals surface area contributed by atoms with Crippen LogP contribution in [0.3, 0.4) is 0 Å². The second-order valence-electron chi connectivity index (χ2n) is 7.64. The van der Waals surface area contributed by atoms with Gasteiger partial charge in [0.15, 0.2) is 0 Å². The van der Waals surface area contributed by atoms with Crippen molar-refractivity contribution < 1.29 is 9.53 Å². The van der Waals surface area contributed by atoms with E-state index in [2.05, 4.69) is 23.1 Å². The number of nitriles is 1. The minimum atomic E-state index is -0.154. The number of carbonyl (C=O) groups is 1. The van der Waals surface area contributed by atoms with Gasteiger partial charge in [-0.1, -0.05) is 17.7 Å². The van der Waals surface area contributed by atoms with E-state index in [1.165, 1.54) is 34.9 Å². The van der Waals surface area contributed by atoms with Crippen LogP contribution in [0.2, 0.25) is 0 Å².